The Hall–Kier alpha value is -1.66. The summed E-state index contributed by atoms with van der Waals surface area (Å²) in [5.74, 6) is 0.832. The first kappa shape index (κ1) is 16.7. The van der Waals surface area contributed by atoms with Crippen LogP contribution < -0.4 is 5.32 Å². The second-order valence-corrected chi connectivity index (χ2v) is 7.36. The molecule has 1 heterocycles. The lowest BCUT2D eigenvalue weighted by Gasteiger charge is -2.17. The summed E-state index contributed by atoms with van der Waals surface area (Å²) in [5.41, 5.74) is 2.15. The first-order valence-corrected chi connectivity index (χ1v) is 9.32. The van der Waals surface area contributed by atoms with Crippen molar-refractivity contribution in [2.75, 3.05) is 31.2 Å². The van der Waals surface area contributed by atoms with Crippen molar-refractivity contribution in [1.82, 2.24) is 9.29 Å². The zero-order chi connectivity index (χ0) is 16.2. The molecule has 5 nitrogen and oxygen atoms in total. The summed E-state index contributed by atoms with van der Waals surface area (Å²) in [6.45, 7) is 5.64. The molecule has 0 atom stereocenters. The van der Waals surface area contributed by atoms with Crippen LogP contribution in [0.4, 0.5) is 5.82 Å². The molecule has 0 amide bonds. The molecule has 1 N–H and O–H groups in total. The number of aryl methyl sites for hydroxylation is 1. The van der Waals surface area contributed by atoms with Gasteiger partial charge in [-0.2, -0.15) is 0 Å². The van der Waals surface area contributed by atoms with Crippen molar-refractivity contribution in [1.29, 1.82) is 0 Å². The zero-order valence-corrected chi connectivity index (χ0v) is 14.2. The second-order valence-electron chi connectivity index (χ2n) is 5.38. The number of anilines is 1. The minimum absolute atomic E-state index is 0.506. The molecule has 0 aliphatic heterocycles. The lowest BCUT2D eigenvalue weighted by molar-refractivity contribution is 0.428. The quantitative estimate of drug-likeness (QED) is 0.796. The normalized spacial score (nSPS) is 12.0. The third-order valence-electron chi connectivity index (χ3n) is 3.64. The summed E-state index contributed by atoms with van der Waals surface area (Å²) >= 11 is 0. The maximum atomic E-state index is 11.5. The highest BCUT2D eigenvalue weighted by Crippen LogP contribution is 2.19. The van der Waals surface area contributed by atoms with Crippen molar-refractivity contribution < 1.29 is 8.42 Å². The highest BCUT2D eigenvalue weighted by atomic mass is 32.2. The fourth-order valence-corrected chi connectivity index (χ4v) is 3.40. The van der Waals surface area contributed by atoms with E-state index < -0.39 is 10.0 Å². The van der Waals surface area contributed by atoms with E-state index in [-0.39, 0.29) is 0 Å². The highest BCUT2D eigenvalue weighted by molar-refractivity contribution is 7.88. The van der Waals surface area contributed by atoms with E-state index in [1.54, 1.807) is 0 Å². The van der Waals surface area contributed by atoms with Gasteiger partial charge in [-0.25, -0.2) is 17.7 Å². The van der Waals surface area contributed by atoms with Crippen LogP contribution in [0.1, 0.15) is 18.9 Å². The fourth-order valence-electron chi connectivity index (χ4n) is 2.47. The van der Waals surface area contributed by atoms with Crippen LogP contribution in [-0.2, 0) is 10.0 Å². The minimum Gasteiger partial charge on any atom is -0.370 e. The molecule has 120 valence electrons. The number of para-hydroxylation sites is 1. The largest absolute Gasteiger partial charge is 0.370 e. The molecule has 1 aromatic heterocycles. The lowest BCUT2D eigenvalue weighted by Crippen LogP contribution is -2.31. The maximum absolute atomic E-state index is 11.5. The molecule has 0 spiro atoms. The van der Waals surface area contributed by atoms with Crippen LogP contribution in [0.5, 0.6) is 0 Å². The van der Waals surface area contributed by atoms with Crippen molar-refractivity contribution in [3.05, 3.63) is 35.9 Å². The van der Waals surface area contributed by atoms with Gasteiger partial charge in [0, 0.05) is 25.0 Å². The van der Waals surface area contributed by atoms with Gasteiger partial charge in [-0.3, -0.25) is 0 Å². The van der Waals surface area contributed by atoms with Gasteiger partial charge in [-0.1, -0.05) is 25.1 Å². The first-order chi connectivity index (χ1) is 10.4. The summed E-state index contributed by atoms with van der Waals surface area (Å²) < 4.78 is 24.5. The van der Waals surface area contributed by atoms with E-state index >= 15 is 0 Å². The Balaban J connectivity index is 1.95. The third kappa shape index (κ3) is 4.18. The van der Waals surface area contributed by atoms with Crippen LogP contribution >= 0.6 is 0 Å². The Bertz CT molecular complexity index is 744. The second kappa shape index (κ2) is 7.07. The maximum Gasteiger partial charge on any atom is 0.211 e. The van der Waals surface area contributed by atoms with E-state index in [2.05, 4.69) is 23.3 Å². The lowest BCUT2D eigenvalue weighted by atomic mass is 10.1. The molecule has 0 aliphatic rings. The summed E-state index contributed by atoms with van der Waals surface area (Å²) in [6.07, 6.45) is 1.99. The Labute approximate surface area is 132 Å². The average Bonchev–Trinajstić information content (AvgIpc) is 2.46. The Morgan fingerprint density at radius 2 is 2.00 bits per heavy atom. The van der Waals surface area contributed by atoms with Crippen LogP contribution in [0.15, 0.2) is 30.3 Å². The number of nitrogens with zero attached hydrogens (tertiary/aromatic N) is 2. The molecular formula is C16H23N3O2S. The predicted octanol–water partition coefficient (Wildman–Crippen LogP) is 2.63. The molecule has 0 unspecified atom stereocenters. The van der Waals surface area contributed by atoms with Gasteiger partial charge in [0.15, 0.2) is 0 Å². The Morgan fingerprint density at radius 1 is 1.27 bits per heavy atom. The summed E-state index contributed by atoms with van der Waals surface area (Å²) in [7, 11) is -3.11. The molecule has 0 fully saturated rings. The van der Waals surface area contributed by atoms with Crippen LogP contribution in [0, 0.1) is 6.92 Å². The summed E-state index contributed by atoms with van der Waals surface area (Å²) in [6, 6.07) is 10.1. The SMILES string of the molecule is CCN(CCCNc1cc(C)c2ccccc2n1)S(C)(=O)=O. The van der Waals surface area contributed by atoms with Crippen molar-refractivity contribution in [3.8, 4) is 0 Å². The number of sulfonamides is 1. The smallest absolute Gasteiger partial charge is 0.211 e. The number of aromatic nitrogens is 1. The van der Waals surface area contributed by atoms with Crippen LogP contribution in [0.2, 0.25) is 0 Å². The number of pyridine rings is 1. The van der Waals surface area contributed by atoms with E-state index in [1.165, 1.54) is 16.1 Å². The Morgan fingerprint density at radius 3 is 2.68 bits per heavy atom. The van der Waals surface area contributed by atoms with Crippen LogP contribution in [0.3, 0.4) is 0 Å². The zero-order valence-electron chi connectivity index (χ0n) is 13.3. The van der Waals surface area contributed by atoms with E-state index in [9.17, 15) is 8.42 Å². The van der Waals surface area contributed by atoms with Gasteiger partial charge in [-0.05, 0) is 31.0 Å². The molecular weight excluding hydrogens is 298 g/mol. The number of hydrogen-bond donors (Lipinski definition) is 1. The summed E-state index contributed by atoms with van der Waals surface area (Å²) in [4.78, 5) is 4.58. The molecule has 0 bridgehead atoms. The van der Waals surface area contributed by atoms with Gasteiger partial charge in [0.05, 0.1) is 11.8 Å². The molecule has 22 heavy (non-hydrogen) atoms. The number of benzene rings is 1. The number of fused-ring (bicyclic) bond motifs is 1. The molecule has 0 saturated heterocycles. The molecule has 0 aliphatic carbocycles. The van der Waals surface area contributed by atoms with Crippen molar-refractivity contribution in [2.45, 2.75) is 20.3 Å². The standard InChI is InChI=1S/C16H23N3O2S/c1-4-19(22(3,20)21)11-7-10-17-16-12-13(2)14-8-5-6-9-15(14)18-16/h5-6,8-9,12H,4,7,10-11H2,1-3H3,(H,17,18). The number of nitrogens with one attached hydrogen (secondary N) is 1. The Kier molecular flexibility index (Phi) is 5.37. The van der Waals surface area contributed by atoms with Gasteiger partial charge in [-0.15, -0.1) is 0 Å². The van der Waals surface area contributed by atoms with Gasteiger partial charge < -0.3 is 5.32 Å². The number of rotatable bonds is 7. The van der Waals surface area contributed by atoms with Gasteiger partial charge in [0.25, 0.3) is 0 Å². The molecule has 0 saturated carbocycles. The topological polar surface area (TPSA) is 62.3 Å². The molecule has 6 heteroatoms. The van der Waals surface area contributed by atoms with Gasteiger partial charge in [0.2, 0.25) is 10.0 Å². The van der Waals surface area contributed by atoms with Crippen molar-refractivity contribution in [3.63, 3.8) is 0 Å². The molecule has 0 radical (unpaired) electrons. The van der Waals surface area contributed by atoms with Gasteiger partial charge in [0.1, 0.15) is 5.82 Å². The molecule has 1 aromatic carbocycles. The minimum atomic E-state index is -3.11. The first-order valence-electron chi connectivity index (χ1n) is 7.47. The van der Waals surface area contributed by atoms with E-state index in [0.717, 1.165) is 23.1 Å². The fraction of sp³-hybridized carbons (Fsp3) is 0.438. The van der Waals surface area contributed by atoms with Crippen molar-refractivity contribution >= 4 is 26.7 Å². The van der Waals surface area contributed by atoms with E-state index in [4.69, 9.17) is 0 Å². The van der Waals surface area contributed by atoms with Gasteiger partial charge >= 0.3 is 0 Å². The van der Waals surface area contributed by atoms with Crippen LogP contribution in [-0.4, -0.2) is 43.6 Å². The van der Waals surface area contributed by atoms with Crippen LogP contribution in [0.25, 0.3) is 10.9 Å². The average molecular weight is 321 g/mol. The predicted molar refractivity (Wildman–Crippen MR) is 91.7 cm³/mol. The molecule has 2 rings (SSSR count). The molecule has 2 aromatic rings. The highest BCUT2D eigenvalue weighted by Gasteiger charge is 2.13. The number of hydrogen-bond acceptors (Lipinski definition) is 4. The third-order valence-corrected chi connectivity index (χ3v) is 5.01. The monoisotopic (exact) mass is 321 g/mol. The van der Waals surface area contributed by atoms with E-state index in [1.807, 2.05) is 31.2 Å². The van der Waals surface area contributed by atoms with E-state index in [0.29, 0.717) is 19.6 Å². The summed E-state index contributed by atoms with van der Waals surface area (Å²) in [5, 5.41) is 4.43. The van der Waals surface area contributed by atoms with Crippen molar-refractivity contribution in [2.24, 2.45) is 0 Å².